The van der Waals surface area contributed by atoms with Gasteiger partial charge in [0.1, 0.15) is 22.9 Å². The summed E-state index contributed by atoms with van der Waals surface area (Å²) in [7, 11) is 1.47. The maximum atomic E-state index is 14.2. The maximum absolute atomic E-state index is 14.2. The number of carbonyl (C=O) groups is 1. The second-order valence-electron chi connectivity index (χ2n) is 6.06. The standard InChI is InChI=1S/C17H17FIN3O3/c1-8-14(23)13(16(24)20-10-4-5-10)15(22(2)17(8)25)21-12-6-3-9(19)7-11(12)18/h3,6-7,10,21,23H,4-5H2,1-2H3,(H,20,24). The molecule has 1 heterocycles. The molecular formula is C17H17FIN3O3. The van der Waals surface area contributed by atoms with Gasteiger partial charge >= 0.3 is 0 Å². The summed E-state index contributed by atoms with van der Waals surface area (Å²) in [6.07, 6.45) is 1.76. The predicted molar refractivity (Wildman–Crippen MR) is 101 cm³/mol. The average molecular weight is 457 g/mol. The van der Waals surface area contributed by atoms with Crippen LogP contribution in [0, 0.1) is 16.3 Å². The maximum Gasteiger partial charge on any atom is 0.259 e. The van der Waals surface area contributed by atoms with Crippen LogP contribution in [-0.4, -0.2) is 21.6 Å². The van der Waals surface area contributed by atoms with Gasteiger partial charge in [-0.3, -0.25) is 14.2 Å². The van der Waals surface area contributed by atoms with E-state index in [9.17, 15) is 19.1 Å². The van der Waals surface area contributed by atoms with E-state index in [4.69, 9.17) is 0 Å². The molecule has 0 spiro atoms. The highest BCUT2D eigenvalue weighted by atomic mass is 127. The molecule has 132 valence electrons. The summed E-state index contributed by atoms with van der Waals surface area (Å²) < 4.78 is 16.1. The van der Waals surface area contributed by atoms with E-state index in [1.54, 1.807) is 6.07 Å². The van der Waals surface area contributed by atoms with Crippen molar-refractivity contribution < 1.29 is 14.3 Å². The number of aromatic hydroxyl groups is 1. The number of hydrogen-bond donors (Lipinski definition) is 3. The zero-order valence-corrected chi connectivity index (χ0v) is 15.8. The number of aromatic nitrogens is 1. The van der Waals surface area contributed by atoms with Crippen molar-refractivity contribution in [2.24, 2.45) is 7.05 Å². The minimum absolute atomic E-state index is 0.0476. The number of halogens is 2. The van der Waals surface area contributed by atoms with Gasteiger partial charge in [-0.25, -0.2) is 4.39 Å². The highest BCUT2D eigenvalue weighted by molar-refractivity contribution is 14.1. The molecule has 1 fully saturated rings. The van der Waals surface area contributed by atoms with Crippen LogP contribution < -0.4 is 16.2 Å². The summed E-state index contributed by atoms with van der Waals surface area (Å²) in [6.45, 7) is 1.45. The van der Waals surface area contributed by atoms with E-state index in [2.05, 4.69) is 10.6 Å². The second kappa shape index (κ2) is 6.66. The minimum atomic E-state index is -0.520. The molecule has 0 saturated heterocycles. The molecule has 1 aromatic carbocycles. The zero-order chi connectivity index (χ0) is 18.3. The number of anilines is 2. The van der Waals surface area contributed by atoms with Gasteiger partial charge < -0.3 is 15.7 Å². The van der Waals surface area contributed by atoms with Crippen LogP contribution in [0.25, 0.3) is 0 Å². The smallest absolute Gasteiger partial charge is 0.259 e. The Bertz CT molecular complexity index is 922. The van der Waals surface area contributed by atoms with Gasteiger partial charge in [0, 0.05) is 16.7 Å². The van der Waals surface area contributed by atoms with Gasteiger partial charge in [-0.1, -0.05) is 0 Å². The first kappa shape index (κ1) is 17.7. The lowest BCUT2D eigenvalue weighted by Crippen LogP contribution is -2.31. The lowest BCUT2D eigenvalue weighted by molar-refractivity contribution is 0.0948. The first-order valence-electron chi connectivity index (χ1n) is 7.75. The molecule has 0 bridgehead atoms. The number of carbonyl (C=O) groups excluding carboxylic acids is 1. The quantitative estimate of drug-likeness (QED) is 0.617. The molecule has 1 aliphatic carbocycles. The number of pyridine rings is 1. The molecule has 2 aromatic rings. The van der Waals surface area contributed by atoms with E-state index in [-0.39, 0.29) is 28.7 Å². The lowest BCUT2D eigenvalue weighted by Gasteiger charge is -2.18. The van der Waals surface area contributed by atoms with Crippen molar-refractivity contribution in [3.63, 3.8) is 0 Å². The number of amides is 1. The van der Waals surface area contributed by atoms with Gasteiger partial charge in [0.15, 0.2) is 0 Å². The van der Waals surface area contributed by atoms with Crippen molar-refractivity contribution in [2.75, 3.05) is 5.32 Å². The Morgan fingerprint density at radius 2 is 2.08 bits per heavy atom. The molecule has 1 saturated carbocycles. The molecule has 0 atom stereocenters. The Kier molecular flexibility index (Phi) is 4.72. The Morgan fingerprint density at radius 3 is 2.68 bits per heavy atom. The molecule has 1 aromatic heterocycles. The molecule has 0 unspecified atom stereocenters. The molecule has 25 heavy (non-hydrogen) atoms. The Morgan fingerprint density at radius 1 is 1.40 bits per heavy atom. The van der Waals surface area contributed by atoms with Gasteiger partial charge in [-0.15, -0.1) is 0 Å². The van der Waals surface area contributed by atoms with E-state index in [1.165, 1.54) is 30.7 Å². The van der Waals surface area contributed by atoms with Crippen LogP contribution in [0.4, 0.5) is 15.9 Å². The van der Waals surface area contributed by atoms with Crippen LogP contribution in [0.3, 0.4) is 0 Å². The van der Waals surface area contributed by atoms with Crippen LogP contribution in [0.15, 0.2) is 23.0 Å². The SMILES string of the molecule is Cc1c(O)c(C(=O)NC2CC2)c(Nc2ccc(I)cc2F)n(C)c1=O. The normalized spacial score (nSPS) is 13.6. The molecular weight excluding hydrogens is 440 g/mol. The third-order valence-corrected chi connectivity index (χ3v) is 4.78. The van der Waals surface area contributed by atoms with Gasteiger partial charge in [0.25, 0.3) is 11.5 Å². The molecule has 1 aliphatic rings. The third-order valence-electron chi connectivity index (χ3n) is 4.11. The van der Waals surface area contributed by atoms with E-state index < -0.39 is 23.0 Å². The summed E-state index contributed by atoms with van der Waals surface area (Å²) in [5.41, 5.74) is -0.352. The van der Waals surface area contributed by atoms with E-state index in [1.807, 2.05) is 22.6 Å². The van der Waals surface area contributed by atoms with Gasteiger partial charge in [0.05, 0.1) is 11.3 Å². The number of nitrogens with one attached hydrogen (secondary N) is 2. The highest BCUT2D eigenvalue weighted by Gasteiger charge is 2.29. The van der Waals surface area contributed by atoms with Crippen molar-refractivity contribution in [3.8, 4) is 5.75 Å². The van der Waals surface area contributed by atoms with E-state index in [0.717, 1.165) is 12.8 Å². The monoisotopic (exact) mass is 457 g/mol. The van der Waals surface area contributed by atoms with Crippen molar-refractivity contribution >= 4 is 40.0 Å². The third kappa shape index (κ3) is 3.48. The molecule has 1 amide bonds. The van der Waals surface area contributed by atoms with Crippen molar-refractivity contribution in [3.05, 3.63) is 49.1 Å². The fourth-order valence-electron chi connectivity index (χ4n) is 2.49. The van der Waals surface area contributed by atoms with E-state index in [0.29, 0.717) is 3.57 Å². The Hall–Kier alpha value is -2.10. The summed E-state index contributed by atoms with van der Waals surface area (Å²) in [4.78, 5) is 24.8. The fraction of sp³-hybridized carbons (Fsp3) is 0.294. The molecule has 0 radical (unpaired) electrons. The topological polar surface area (TPSA) is 83.4 Å². The summed E-state index contributed by atoms with van der Waals surface area (Å²) >= 11 is 1.99. The Labute approximate surface area is 157 Å². The van der Waals surface area contributed by atoms with Crippen molar-refractivity contribution in [1.82, 2.24) is 9.88 Å². The van der Waals surface area contributed by atoms with Gasteiger partial charge in [-0.2, -0.15) is 0 Å². The van der Waals surface area contributed by atoms with Gasteiger partial charge in [-0.05, 0) is 60.6 Å². The number of hydrogen-bond acceptors (Lipinski definition) is 4. The molecule has 6 nitrogen and oxygen atoms in total. The lowest BCUT2D eigenvalue weighted by atomic mass is 10.1. The summed E-state index contributed by atoms with van der Waals surface area (Å²) in [5, 5.41) is 15.9. The number of rotatable bonds is 4. The summed E-state index contributed by atoms with van der Waals surface area (Å²) in [5.74, 6) is -1.36. The average Bonchev–Trinajstić information content (AvgIpc) is 3.36. The highest BCUT2D eigenvalue weighted by Crippen LogP contribution is 2.31. The van der Waals surface area contributed by atoms with Crippen molar-refractivity contribution in [1.29, 1.82) is 0 Å². The number of nitrogens with zero attached hydrogens (tertiary/aromatic N) is 1. The summed E-state index contributed by atoms with van der Waals surface area (Å²) in [6, 6.07) is 4.62. The largest absolute Gasteiger partial charge is 0.506 e. The minimum Gasteiger partial charge on any atom is -0.506 e. The van der Waals surface area contributed by atoms with Crippen LogP contribution >= 0.6 is 22.6 Å². The van der Waals surface area contributed by atoms with Gasteiger partial charge in [0.2, 0.25) is 0 Å². The number of benzene rings is 1. The van der Waals surface area contributed by atoms with Crippen molar-refractivity contribution in [2.45, 2.75) is 25.8 Å². The van der Waals surface area contributed by atoms with Crippen LogP contribution in [0.1, 0.15) is 28.8 Å². The first-order chi connectivity index (χ1) is 11.8. The second-order valence-corrected chi connectivity index (χ2v) is 7.30. The first-order valence-corrected chi connectivity index (χ1v) is 8.83. The molecule has 3 N–H and O–H groups in total. The van der Waals surface area contributed by atoms with Crippen LogP contribution in [0.5, 0.6) is 5.75 Å². The van der Waals surface area contributed by atoms with E-state index >= 15 is 0 Å². The molecule has 8 heteroatoms. The predicted octanol–water partition coefficient (Wildman–Crippen LogP) is 2.78. The molecule has 3 rings (SSSR count). The zero-order valence-electron chi connectivity index (χ0n) is 13.7. The van der Waals surface area contributed by atoms with Crippen LogP contribution in [-0.2, 0) is 7.05 Å². The Balaban J connectivity index is 2.12. The fourth-order valence-corrected chi connectivity index (χ4v) is 2.94. The van der Waals surface area contributed by atoms with Crippen LogP contribution in [0.2, 0.25) is 0 Å². The molecule has 0 aliphatic heterocycles.